The molecule has 3 N–H and O–H groups in total. The van der Waals surface area contributed by atoms with Crippen LogP contribution in [0.4, 0.5) is 0 Å². The molecule has 502 valence electrons. The summed E-state index contributed by atoms with van der Waals surface area (Å²) in [6, 6.07) is 34.9. The van der Waals surface area contributed by atoms with Gasteiger partial charge in [0.05, 0.1) is 12.5 Å². The Labute approximate surface area is 555 Å². The number of nitrogens with zero attached hydrogens (tertiary/aromatic N) is 11. The highest BCUT2D eigenvalue weighted by Gasteiger charge is 2.46. The number of phenolic OH excluding ortho intramolecular Hbond substituents is 3. The number of hydrogen-bond donors (Lipinski definition) is 3. The molecule has 0 bridgehead atoms. The van der Waals surface area contributed by atoms with Gasteiger partial charge in [0.15, 0.2) is 0 Å². The van der Waals surface area contributed by atoms with Crippen LogP contribution >= 0.6 is 0 Å². The van der Waals surface area contributed by atoms with Crippen molar-refractivity contribution in [3.63, 3.8) is 0 Å². The minimum Gasteiger partial charge on any atom is -0.505 e. The molecule has 0 atom stereocenters. The summed E-state index contributed by atoms with van der Waals surface area (Å²) in [5.41, 5.74) is 11.0. The number of carbonyl (C=O) groups excluding carboxylic acids is 2. The average Bonchev–Trinajstić information content (AvgIpc) is 1.20. The third kappa shape index (κ3) is 15.8. The lowest BCUT2D eigenvalue weighted by atomic mass is 9.74. The zero-order chi connectivity index (χ0) is 68.8. The largest absolute Gasteiger partial charge is 0.505 e. The minimum atomic E-state index is -0.322. The van der Waals surface area contributed by atoms with E-state index in [4.69, 9.17) is 9.47 Å². The van der Waals surface area contributed by atoms with Crippen LogP contribution < -0.4 is 0 Å². The SMILES string of the molecule is CC(C)(C)c1cc(Cc2cc(-n3nc4ccccc4n3)c(O)c(C(C)(C)C)c2)cc(-n2nc3ccccc3n2)c1O.CN1C(C)(C)CC(OC(=O)CCCCOC(=O)C2CC(C)(C)N(C)C(C)(C)C2)CC1(C)C.Cc1cc(-n2nc3ccccc3n2)c(O)c(C(C)(C)C)c1. The van der Waals surface area contributed by atoms with Gasteiger partial charge < -0.3 is 24.8 Å². The molecule has 18 heteroatoms. The van der Waals surface area contributed by atoms with Crippen LogP contribution in [-0.4, -0.2) is 131 Å². The van der Waals surface area contributed by atoms with E-state index in [-0.39, 0.29) is 79.6 Å². The van der Waals surface area contributed by atoms with Crippen LogP contribution in [0.25, 0.3) is 50.2 Å². The van der Waals surface area contributed by atoms with Gasteiger partial charge >= 0.3 is 11.9 Å². The average molecular weight is 1280 g/mol. The topological polar surface area (TPSA) is 212 Å². The zero-order valence-corrected chi connectivity index (χ0v) is 59.3. The quantitative estimate of drug-likeness (QED) is 0.0767. The number of piperidine rings is 2. The number of unbranched alkanes of at least 4 members (excludes halogenated alkanes) is 1. The first-order chi connectivity index (χ1) is 43.7. The molecule has 0 radical (unpaired) electrons. The van der Waals surface area contributed by atoms with Crippen LogP contribution in [0.3, 0.4) is 0 Å². The van der Waals surface area contributed by atoms with E-state index < -0.39 is 0 Å². The Kier molecular flexibility index (Phi) is 19.8. The maximum atomic E-state index is 12.7. The predicted octanol–water partition coefficient (Wildman–Crippen LogP) is 15.3. The van der Waals surface area contributed by atoms with E-state index in [9.17, 15) is 24.9 Å². The van der Waals surface area contributed by atoms with E-state index in [0.717, 1.165) is 92.2 Å². The Hall–Kier alpha value is -8.22. The number of aromatic nitrogens is 9. The van der Waals surface area contributed by atoms with Crippen LogP contribution in [0.1, 0.15) is 196 Å². The van der Waals surface area contributed by atoms with Crippen molar-refractivity contribution in [3.8, 4) is 34.3 Å². The van der Waals surface area contributed by atoms with Gasteiger partial charge in [-0.2, -0.15) is 0 Å². The van der Waals surface area contributed by atoms with Crippen LogP contribution in [0.2, 0.25) is 0 Å². The van der Waals surface area contributed by atoms with Gasteiger partial charge in [-0.3, -0.25) is 19.4 Å². The Morgan fingerprint density at radius 2 is 0.798 bits per heavy atom. The summed E-state index contributed by atoms with van der Waals surface area (Å²) >= 11 is 0. The second kappa shape index (κ2) is 26.5. The molecule has 6 aromatic carbocycles. The predicted molar refractivity (Wildman–Crippen MR) is 374 cm³/mol. The molecule has 94 heavy (non-hydrogen) atoms. The lowest BCUT2D eigenvalue weighted by Gasteiger charge is -2.53. The number of aryl methyl sites for hydroxylation is 1. The van der Waals surface area contributed by atoms with Crippen molar-refractivity contribution in [2.45, 2.75) is 220 Å². The molecule has 9 aromatic rings. The molecule has 2 aliphatic rings. The maximum absolute atomic E-state index is 12.7. The number of benzene rings is 6. The van der Waals surface area contributed by atoms with E-state index in [1.807, 2.05) is 116 Å². The first-order valence-corrected chi connectivity index (χ1v) is 33.1. The lowest BCUT2D eigenvalue weighted by Crippen LogP contribution is -2.60. The molecule has 11 rings (SSSR count). The highest BCUT2D eigenvalue weighted by molar-refractivity contribution is 5.76. The molecule has 2 saturated heterocycles. The molecule has 5 heterocycles. The Morgan fingerprint density at radius 1 is 0.479 bits per heavy atom. The number of esters is 2. The van der Waals surface area contributed by atoms with E-state index in [1.54, 1.807) is 0 Å². The smallest absolute Gasteiger partial charge is 0.309 e. The highest BCUT2D eigenvalue weighted by atomic mass is 16.5. The van der Waals surface area contributed by atoms with Gasteiger partial charge in [0, 0.05) is 58.1 Å². The third-order valence-corrected chi connectivity index (χ3v) is 19.1. The Balaban J connectivity index is 0.000000175. The molecule has 0 spiro atoms. The summed E-state index contributed by atoms with van der Waals surface area (Å²) < 4.78 is 11.4. The van der Waals surface area contributed by atoms with E-state index in [1.165, 1.54) is 14.4 Å². The molecule has 18 nitrogen and oxygen atoms in total. The van der Waals surface area contributed by atoms with Crippen molar-refractivity contribution in [2.75, 3.05) is 20.7 Å². The molecular weight excluding hydrogens is 1180 g/mol. The van der Waals surface area contributed by atoms with Crippen molar-refractivity contribution >= 4 is 45.0 Å². The fraction of sp³-hybridized carbons (Fsp3) is 0.500. The number of carbonyl (C=O) groups is 2. The molecule has 0 aliphatic carbocycles. The number of phenols is 3. The fourth-order valence-electron chi connectivity index (χ4n) is 13.4. The summed E-state index contributed by atoms with van der Waals surface area (Å²) in [4.78, 5) is 34.3. The molecule has 0 saturated carbocycles. The van der Waals surface area contributed by atoms with Gasteiger partial charge in [0.1, 0.15) is 73.5 Å². The van der Waals surface area contributed by atoms with E-state index in [2.05, 4.69) is 172 Å². The monoisotopic (exact) mass is 1280 g/mol. The minimum absolute atomic E-state index is 0.00203. The Morgan fingerprint density at radius 3 is 1.14 bits per heavy atom. The zero-order valence-electron chi connectivity index (χ0n) is 59.3. The number of aromatic hydroxyl groups is 3. The molecular formula is C76H101N11O7. The molecule has 2 fully saturated rings. The van der Waals surface area contributed by atoms with Gasteiger partial charge in [0.25, 0.3) is 0 Å². The Bertz CT molecular complexity index is 3930. The van der Waals surface area contributed by atoms with E-state index >= 15 is 0 Å². The molecule has 2 aliphatic heterocycles. The van der Waals surface area contributed by atoms with Crippen LogP contribution in [0.5, 0.6) is 17.2 Å². The van der Waals surface area contributed by atoms with E-state index in [0.29, 0.717) is 49.4 Å². The lowest BCUT2D eigenvalue weighted by molar-refractivity contribution is -0.159. The fourth-order valence-corrected chi connectivity index (χ4v) is 13.4. The normalized spacial score (nSPS) is 16.9. The molecule has 0 unspecified atom stereocenters. The van der Waals surface area contributed by atoms with Gasteiger partial charge in [-0.05, 0) is 196 Å². The summed E-state index contributed by atoms with van der Waals surface area (Å²) in [5, 5.41) is 60.9. The number of hydrogen-bond acceptors (Lipinski definition) is 15. The van der Waals surface area contributed by atoms with Gasteiger partial charge in [-0.25, -0.2) is 0 Å². The summed E-state index contributed by atoms with van der Waals surface area (Å²) in [7, 11) is 4.28. The van der Waals surface area contributed by atoms with Crippen LogP contribution in [-0.2, 0) is 41.7 Å². The summed E-state index contributed by atoms with van der Waals surface area (Å²) in [6.07, 6.45) is 5.55. The first-order valence-electron chi connectivity index (χ1n) is 33.1. The highest BCUT2D eigenvalue weighted by Crippen LogP contribution is 2.43. The summed E-state index contributed by atoms with van der Waals surface area (Å²) in [5.74, 6) is 0.256. The van der Waals surface area contributed by atoms with Crippen molar-refractivity contribution in [3.05, 3.63) is 143 Å². The number of ether oxygens (including phenoxy) is 2. The van der Waals surface area contributed by atoms with Crippen molar-refractivity contribution in [2.24, 2.45) is 5.92 Å². The number of rotatable bonds is 12. The van der Waals surface area contributed by atoms with Crippen molar-refractivity contribution < 1.29 is 34.4 Å². The molecule has 0 amide bonds. The summed E-state index contributed by atoms with van der Waals surface area (Å²) in [6.45, 7) is 38.7. The standard InChI is InChI=1S/C33H34N6O2.C26H48N2O4.C17H19N3O/c1-32(2,3)22-16-20(18-28(30(22)40)38-34-24-11-7-8-12-25(24)35-38)15-21-17-23(33(4,5)6)31(41)29(19-21)39-36-26-13-9-10-14-27(26)37-39;1-23(2)15-19(16-24(3,4)27(23)9)22(30)31-14-12-11-13-21(29)32-20-17-25(5,6)28(10)26(7,8)18-20;1-11-9-12(17(2,3)4)16(21)15(10-11)20-18-13-7-5-6-8-14(13)19-20/h7-14,16-19,40-41H,15H2,1-6H3;19-20H,11-18H2,1-10H3;5-10,21H,1-4H3. The molecule has 3 aromatic heterocycles. The first kappa shape index (κ1) is 70.1. The van der Waals surface area contributed by atoms with Crippen LogP contribution in [0.15, 0.2) is 109 Å². The van der Waals surface area contributed by atoms with Crippen molar-refractivity contribution in [1.29, 1.82) is 0 Å². The maximum Gasteiger partial charge on any atom is 0.309 e. The van der Waals surface area contributed by atoms with Gasteiger partial charge in [-0.15, -0.1) is 45.0 Å². The third-order valence-electron chi connectivity index (χ3n) is 19.1. The second-order valence-electron chi connectivity index (χ2n) is 31.7. The van der Waals surface area contributed by atoms with Crippen molar-refractivity contribution in [1.82, 2.24) is 54.8 Å². The number of fused-ring (bicyclic) bond motifs is 3. The van der Waals surface area contributed by atoms with Gasteiger partial charge in [-0.1, -0.05) is 117 Å². The van der Waals surface area contributed by atoms with Gasteiger partial charge in [0.2, 0.25) is 0 Å². The van der Waals surface area contributed by atoms with Crippen LogP contribution in [0, 0.1) is 12.8 Å². The number of likely N-dealkylation sites (tertiary alicyclic amines) is 2. The second-order valence-corrected chi connectivity index (χ2v) is 31.7.